The third kappa shape index (κ3) is 4.96. The minimum atomic E-state index is -0.484. The summed E-state index contributed by atoms with van der Waals surface area (Å²) in [6.07, 6.45) is 0. The number of ether oxygens (including phenoxy) is 2. The Morgan fingerprint density at radius 2 is 2.04 bits per heavy atom. The van der Waals surface area contributed by atoms with Crippen LogP contribution in [0, 0.1) is 0 Å². The summed E-state index contributed by atoms with van der Waals surface area (Å²) < 4.78 is 11.7. The number of thiazole rings is 1. The van der Waals surface area contributed by atoms with Gasteiger partial charge < -0.3 is 14.8 Å². The van der Waals surface area contributed by atoms with E-state index in [1.165, 1.54) is 18.3 Å². The van der Waals surface area contributed by atoms with Crippen LogP contribution < -0.4 is 10.1 Å². The van der Waals surface area contributed by atoms with Gasteiger partial charge in [0.2, 0.25) is 5.91 Å². The Morgan fingerprint density at radius 1 is 1.21 bits per heavy atom. The Balaban J connectivity index is 1.69. The van der Waals surface area contributed by atoms with Crippen molar-refractivity contribution in [2.24, 2.45) is 0 Å². The fraction of sp³-hybridized carbons (Fsp3) is 0.150. The number of benzene rings is 2. The molecule has 0 spiro atoms. The zero-order valence-electron chi connectivity index (χ0n) is 15.2. The predicted molar refractivity (Wildman–Crippen MR) is 112 cm³/mol. The maximum atomic E-state index is 12.3. The van der Waals surface area contributed by atoms with Crippen LogP contribution in [0.5, 0.6) is 5.75 Å². The highest BCUT2D eigenvalue weighted by Crippen LogP contribution is 2.34. The summed E-state index contributed by atoms with van der Waals surface area (Å²) in [4.78, 5) is 28.0. The molecule has 3 aromatic rings. The molecule has 0 unspecified atom stereocenters. The molecule has 0 aliphatic rings. The molecule has 0 fully saturated rings. The molecule has 0 saturated heterocycles. The topological polar surface area (TPSA) is 77.5 Å². The lowest BCUT2D eigenvalue weighted by Gasteiger charge is -2.07. The van der Waals surface area contributed by atoms with Gasteiger partial charge in [-0.2, -0.15) is 0 Å². The maximum absolute atomic E-state index is 12.3. The zero-order valence-corrected chi connectivity index (χ0v) is 17.6. The second-order valence-electron chi connectivity index (χ2n) is 5.83. The Hall–Kier alpha value is -2.71. The largest absolute Gasteiger partial charge is 0.496 e. The summed E-state index contributed by atoms with van der Waals surface area (Å²) in [6, 6.07) is 12.3. The second-order valence-corrected chi connectivity index (χ2v) is 7.60. The van der Waals surface area contributed by atoms with Crippen LogP contribution in [0.25, 0.3) is 10.6 Å². The first-order valence-corrected chi connectivity index (χ1v) is 9.96. The van der Waals surface area contributed by atoms with Crippen molar-refractivity contribution >= 4 is 44.8 Å². The number of halogens is 1. The molecule has 0 bridgehead atoms. The van der Waals surface area contributed by atoms with Crippen LogP contribution in [-0.2, 0) is 16.1 Å². The molecule has 2 aromatic carbocycles. The lowest BCUT2D eigenvalue weighted by Crippen LogP contribution is -2.09. The predicted octanol–water partition coefficient (Wildman–Crippen LogP) is 4.90. The van der Waals surface area contributed by atoms with Gasteiger partial charge in [-0.15, -0.1) is 11.3 Å². The molecule has 28 heavy (non-hydrogen) atoms. The molecule has 0 aliphatic carbocycles. The molecule has 1 amide bonds. The van der Waals surface area contributed by atoms with Crippen molar-refractivity contribution in [3.8, 4) is 16.3 Å². The summed E-state index contributed by atoms with van der Waals surface area (Å²) >= 11 is 4.90. The van der Waals surface area contributed by atoms with E-state index in [4.69, 9.17) is 9.47 Å². The molecule has 0 radical (unpaired) electrons. The van der Waals surface area contributed by atoms with Gasteiger partial charge in [0, 0.05) is 22.5 Å². The Labute approximate surface area is 174 Å². The third-order valence-corrected chi connectivity index (χ3v) is 5.13. The molecule has 144 valence electrons. The zero-order chi connectivity index (χ0) is 20.1. The van der Waals surface area contributed by atoms with E-state index in [0.717, 1.165) is 20.8 Å². The monoisotopic (exact) mass is 460 g/mol. The summed E-state index contributed by atoms with van der Waals surface area (Å²) in [7, 11) is 1.61. The van der Waals surface area contributed by atoms with E-state index >= 15 is 0 Å². The molecular formula is C20H17BrN2O4S. The van der Waals surface area contributed by atoms with E-state index in [1.807, 2.05) is 23.6 Å². The molecule has 1 aromatic heterocycles. The molecule has 0 aliphatic heterocycles. The smallest absolute Gasteiger partial charge is 0.338 e. The highest BCUT2D eigenvalue weighted by Gasteiger charge is 2.13. The number of aromatic nitrogens is 1. The highest BCUT2D eigenvalue weighted by molar-refractivity contribution is 9.10. The number of hydrogen-bond donors (Lipinski definition) is 1. The molecule has 6 nitrogen and oxygen atoms in total. The number of carbonyl (C=O) groups is 2. The number of rotatable bonds is 6. The van der Waals surface area contributed by atoms with E-state index in [1.54, 1.807) is 31.4 Å². The van der Waals surface area contributed by atoms with Gasteiger partial charge >= 0.3 is 5.97 Å². The lowest BCUT2D eigenvalue weighted by molar-refractivity contribution is -0.114. The van der Waals surface area contributed by atoms with E-state index in [2.05, 4.69) is 26.2 Å². The maximum Gasteiger partial charge on any atom is 0.338 e. The fourth-order valence-electron chi connectivity index (χ4n) is 2.49. The van der Waals surface area contributed by atoms with Crippen molar-refractivity contribution in [3.63, 3.8) is 0 Å². The van der Waals surface area contributed by atoms with Gasteiger partial charge in [0.05, 0.1) is 23.9 Å². The number of methoxy groups -OCH3 is 1. The van der Waals surface area contributed by atoms with Crippen molar-refractivity contribution in [3.05, 3.63) is 63.6 Å². The number of hydrogen-bond acceptors (Lipinski definition) is 6. The van der Waals surface area contributed by atoms with Gasteiger partial charge in [-0.25, -0.2) is 9.78 Å². The highest BCUT2D eigenvalue weighted by atomic mass is 79.9. The average molecular weight is 461 g/mol. The van der Waals surface area contributed by atoms with Crippen LogP contribution in [0.4, 0.5) is 5.69 Å². The first-order chi connectivity index (χ1) is 13.5. The molecule has 0 saturated carbocycles. The van der Waals surface area contributed by atoms with Crippen LogP contribution >= 0.6 is 27.3 Å². The summed E-state index contributed by atoms with van der Waals surface area (Å²) in [5, 5.41) is 5.26. The number of amides is 1. The molecular weight excluding hydrogens is 444 g/mol. The summed E-state index contributed by atoms with van der Waals surface area (Å²) in [6.45, 7) is 1.46. The van der Waals surface area contributed by atoms with Crippen molar-refractivity contribution in [2.75, 3.05) is 12.4 Å². The molecule has 1 N–H and O–H groups in total. The first-order valence-electron chi connectivity index (χ1n) is 8.29. The van der Waals surface area contributed by atoms with E-state index in [9.17, 15) is 9.59 Å². The van der Waals surface area contributed by atoms with Crippen LogP contribution in [-0.4, -0.2) is 24.0 Å². The standard InChI is InChI=1S/C20H17BrN2O4S/c1-12(24)22-15-5-3-4-13(8-15)20(25)27-10-16-11-28-19(23-16)17-9-14(21)6-7-18(17)26-2/h3-9,11H,10H2,1-2H3,(H,22,24). The SMILES string of the molecule is COc1ccc(Br)cc1-c1nc(COC(=O)c2cccc(NC(C)=O)c2)cs1. The Bertz CT molecular complexity index is 1020. The Morgan fingerprint density at radius 3 is 2.79 bits per heavy atom. The van der Waals surface area contributed by atoms with Crippen LogP contribution in [0.15, 0.2) is 52.3 Å². The molecule has 3 rings (SSSR count). The van der Waals surface area contributed by atoms with Crippen LogP contribution in [0.1, 0.15) is 23.0 Å². The van der Waals surface area contributed by atoms with Crippen molar-refractivity contribution in [1.82, 2.24) is 4.98 Å². The Kier molecular flexibility index (Phi) is 6.43. The van der Waals surface area contributed by atoms with Gasteiger partial charge in [0.1, 0.15) is 17.4 Å². The quantitative estimate of drug-likeness (QED) is 0.529. The second kappa shape index (κ2) is 8.99. The summed E-state index contributed by atoms with van der Waals surface area (Å²) in [5.74, 6) is 0.0289. The van der Waals surface area contributed by atoms with Crippen molar-refractivity contribution < 1.29 is 19.1 Å². The van der Waals surface area contributed by atoms with Crippen molar-refractivity contribution in [1.29, 1.82) is 0 Å². The normalized spacial score (nSPS) is 10.4. The minimum Gasteiger partial charge on any atom is -0.496 e. The van der Waals surface area contributed by atoms with Gasteiger partial charge in [-0.1, -0.05) is 22.0 Å². The van der Waals surface area contributed by atoms with Gasteiger partial charge in [-0.05, 0) is 36.4 Å². The van der Waals surface area contributed by atoms with Gasteiger partial charge in [0.15, 0.2) is 0 Å². The van der Waals surface area contributed by atoms with Crippen LogP contribution in [0.3, 0.4) is 0 Å². The molecule has 8 heteroatoms. The third-order valence-electron chi connectivity index (χ3n) is 3.71. The summed E-state index contributed by atoms with van der Waals surface area (Å²) in [5.41, 5.74) is 2.41. The van der Waals surface area contributed by atoms with E-state index in [-0.39, 0.29) is 12.5 Å². The minimum absolute atomic E-state index is 0.0516. The fourth-order valence-corrected chi connectivity index (χ4v) is 3.68. The number of carbonyl (C=O) groups excluding carboxylic acids is 2. The first kappa shape index (κ1) is 20.0. The van der Waals surface area contributed by atoms with E-state index < -0.39 is 5.97 Å². The van der Waals surface area contributed by atoms with Gasteiger partial charge in [-0.3, -0.25) is 4.79 Å². The average Bonchev–Trinajstić information content (AvgIpc) is 3.14. The number of nitrogens with zero attached hydrogens (tertiary/aromatic N) is 1. The van der Waals surface area contributed by atoms with E-state index in [0.29, 0.717) is 16.9 Å². The lowest BCUT2D eigenvalue weighted by atomic mass is 10.2. The number of nitrogens with one attached hydrogen (secondary N) is 1. The van der Waals surface area contributed by atoms with Crippen molar-refractivity contribution in [2.45, 2.75) is 13.5 Å². The number of anilines is 1. The van der Waals surface area contributed by atoms with Crippen LogP contribution in [0.2, 0.25) is 0 Å². The van der Waals surface area contributed by atoms with Gasteiger partial charge in [0.25, 0.3) is 0 Å². The molecule has 0 atom stereocenters. The number of esters is 1. The molecule has 1 heterocycles.